The fraction of sp³-hybridized carbons (Fsp3) is 0.320. The Kier molecular flexibility index (Phi) is 7.41. The van der Waals surface area contributed by atoms with Gasteiger partial charge in [0.25, 0.3) is 5.91 Å². The van der Waals surface area contributed by atoms with Crippen molar-refractivity contribution in [3.8, 4) is 11.3 Å². The second-order valence-corrected chi connectivity index (χ2v) is 8.79. The van der Waals surface area contributed by atoms with Crippen LogP contribution in [-0.4, -0.2) is 40.3 Å². The van der Waals surface area contributed by atoms with Crippen molar-refractivity contribution in [3.05, 3.63) is 76.3 Å². The molecule has 178 valence electrons. The Morgan fingerprint density at radius 3 is 2.71 bits per heavy atom. The number of aliphatic hydroxyl groups excluding tert-OH is 1. The fourth-order valence-electron chi connectivity index (χ4n) is 4.06. The molecular weight excluding hydrogens is 459 g/mol. The molecule has 4 N–H and O–H groups in total. The number of hydrogen-bond donors (Lipinski definition) is 3. The van der Waals surface area contributed by atoms with Gasteiger partial charge in [-0.1, -0.05) is 29.8 Å². The van der Waals surface area contributed by atoms with Gasteiger partial charge in [-0.25, -0.2) is 14.4 Å². The number of aromatic nitrogens is 2. The van der Waals surface area contributed by atoms with E-state index in [9.17, 15) is 9.90 Å². The van der Waals surface area contributed by atoms with E-state index in [2.05, 4.69) is 15.3 Å². The average Bonchev–Trinajstić information content (AvgIpc) is 2.83. The zero-order valence-corrected chi connectivity index (χ0v) is 19.4. The Hall–Kier alpha value is -3.07. The zero-order chi connectivity index (χ0) is 24.2. The Balaban J connectivity index is 1.58. The predicted octanol–water partition coefficient (Wildman–Crippen LogP) is 4.26. The molecule has 1 aliphatic rings. The second-order valence-electron chi connectivity index (χ2n) is 8.36. The Morgan fingerprint density at radius 2 is 2.03 bits per heavy atom. The second kappa shape index (κ2) is 10.5. The number of nitrogens with two attached hydrogens (primary N) is 1. The largest absolute Gasteiger partial charge is 0.391 e. The monoisotopic (exact) mass is 484 g/mol. The van der Waals surface area contributed by atoms with E-state index < -0.39 is 23.9 Å². The maximum absolute atomic E-state index is 15.0. The molecule has 1 aromatic heterocycles. The number of benzene rings is 2. The number of anilines is 1. The standard InChI is InChI=1S/C25H26ClFN4O3/c1-14(32)22(16-3-2-4-18(26)11-16)31-25(33)19-6-5-17(12-20(19)27)23-24(28)29-13-21(30-23)15-7-9-34-10-8-15/h2-6,11-15,22,32H,7-10H2,1H3,(H2,28,29)(H,31,33). The number of ether oxygens (including phenoxy) is 1. The molecule has 1 aliphatic heterocycles. The van der Waals surface area contributed by atoms with Gasteiger partial charge in [0.2, 0.25) is 0 Å². The molecule has 0 radical (unpaired) electrons. The van der Waals surface area contributed by atoms with Gasteiger partial charge in [0, 0.05) is 29.7 Å². The Morgan fingerprint density at radius 1 is 1.26 bits per heavy atom. The number of rotatable bonds is 6. The topological polar surface area (TPSA) is 110 Å². The summed E-state index contributed by atoms with van der Waals surface area (Å²) in [5.41, 5.74) is 8.07. The van der Waals surface area contributed by atoms with Crippen molar-refractivity contribution < 1.29 is 19.0 Å². The molecule has 0 spiro atoms. The molecule has 9 heteroatoms. The third-order valence-electron chi connectivity index (χ3n) is 5.92. The van der Waals surface area contributed by atoms with Crippen LogP contribution >= 0.6 is 11.6 Å². The minimum absolute atomic E-state index is 0.163. The van der Waals surface area contributed by atoms with E-state index >= 15 is 4.39 Å². The third-order valence-corrected chi connectivity index (χ3v) is 6.16. The SMILES string of the molecule is CC(O)C(NC(=O)c1ccc(-c2nc(C3CCOCC3)cnc2N)cc1F)c1cccc(Cl)c1. The first-order valence-corrected chi connectivity index (χ1v) is 11.5. The van der Waals surface area contributed by atoms with Gasteiger partial charge in [0.1, 0.15) is 17.3 Å². The summed E-state index contributed by atoms with van der Waals surface area (Å²) in [7, 11) is 0. The average molecular weight is 485 g/mol. The molecule has 0 bridgehead atoms. The molecule has 34 heavy (non-hydrogen) atoms. The normalized spacial score (nSPS) is 16.1. The lowest BCUT2D eigenvalue weighted by Crippen LogP contribution is -2.35. The summed E-state index contributed by atoms with van der Waals surface area (Å²) in [6, 6.07) is 10.2. The highest BCUT2D eigenvalue weighted by Crippen LogP contribution is 2.30. The molecule has 0 saturated carbocycles. The lowest BCUT2D eigenvalue weighted by Gasteiger charge is -2.22. The molecule has 1 saturated heterocycles. The van der Waals surface area contributed by atoms with Gasteiger partial charge in [-0.2, -0.15) is 0 Å². The van der Waals surface area contributed by atoms with Crippen molar-refractivity contribution in [2.75, 3.05) is 18.9 Å². The van der Waals surface area contributed by atoms with Crippen molar-refractivity contribution in [3.63, 3.8) is 0 Å². The first-order valence-electron chi connectivity index (χ1n) is 11.1. The van der Waals surface area contributed by atoms with E-state index in [0.717, 1.165) is 18.5 Å². The van der Waals surface area contributed by atoms with Gasteiger partial charge in [-0.3, -0.25) is 4.79 Å². The van der Waals surface area contributed by atoms with Gasteiger partial charge in [-0.15, -0.1) is 0 Å². The molecule has 3 aromatic rings. The summed E-state index contributed by atoms with van der Waals surface area (Å²) >= 11 is 6.04. The fourth-order valence-corrected chi connectivity index (χ4v) is 4.26. The maximum Gasteiger partial charge on any atom is 0.254 e. The van der Waals surface area contributed by atoms with Crippen LogP contribution in [0, 0.1) is 5.82 Å². The maximum atomic E-state index is 15.0. The van der Waals surface area contributed by atoms with Crippen molar-refractivity contribution in [2.24, 2.45) is 0 Å². The number of halogens is 2. The molecule has 2 heterocycles. The molecule has 2 unspecified atom stereocenters. The van der Waals surface area contributed by atoms with Crippen molar-refractivity contribution in [1.82, 2.24) is 15.3 Å². The van der Waals surface area contributed by atoms with E-state index in [-0.39, 0.29) is 17.3 Å². The summed E-state index contributed by atoms with van der Waals surface area (Å²) in [6.07, 6.45) is 2.40. The number of carbonyl (C=O) groups excluding carboxylic acids is 1. The number of nitrogens with zero attached hydrogens (tertiary/aromatic N) is 2. The Bertz CT molecular complexity index is 1180. The van der Waals surface area contributed by atoms with E-state index in [1.54, 1.807) is 36.5 Å². The number of amides is 1. The van der Waals surface area contributed by atoms with E-state index in [4.69, 9.17) is 22.1 Å². The van der Waals surface area contributed by atoms with Gasteiger partial charge in [0.15, 0.2) is 0 Å². The van der Waals surface area contributed by atoms with Gasteiger partial charge < -0.3 is 20.9 Å². The van der Waals surface area contributed by atoms with Crippen LogP contribution in [0.2, 0.25) is 5.02 Å². The van der Waals surface area contributed by atoms with Gasteiger partial charge in [-0.05, 0) is 49.6 Å². The van der Waals surface area contributed by atoms with Crippen LogP contribution in [0.1, 0.15) is 53.3 Å². The third kappa shape index (κ3) is 5.35. The minimum atomic E-state index is -0.923. The first kappa shape index (κ1) is 24.1. The van der Waals surface area contributed by atoms with Gasteiger partial charge >= 0.3 is 0 Å². The summed E-state index contributed by atoms with van der Waals surface area (Å²) in [6.45, 7) is 2.86. The smallest absolute Gasteiger partial charge is 0.254 e. The van der Waals surface area contributed by atoms with E-state index in [1.807, 2.05) is 0 Å². The first-order chi connectivity index (χ1) is 16.3. The number of hydrogen-bond acceptors (Lipinski definition) is 6. The number of carbonyl (C=O) groups is 1. The van der Waals surface area contributed by atoms with E-state index in [1.165, 1.54) is 19.1 Å². The molecule has 4 rings (SSSR count). The summed E-state index contributed by atoms with van der Waals surface area (Å²) < 4.78 is 20.4. The highest BCUT2D eigenvalue weighted by molar-refractivity contribution is 6.30. The van der Waals surface area contributed by atoms with Crippen LogP contribution in [-0.2, 0) is 4.74 Å². The number of nitrogens with one attached hydrogen (secondary N) is 1. The summed E-state index contributed by atoms with van der Waals surface area (Å²) in [4.78, 5) is 21.8. The highest BCUT2D eigenvalue weighted by atomic mass is 35.5. The molecular formula is C25H26ClFN4O3. The van der Waals surface area contributed by atoms with Crippen molar-refractivity contribution >= 4 is 23.3 Å². The lowest BCUT2D eigenvalue weighted by molar-refractivity contribution is 0.0844. The van der Waals surface area contributed by atoms with Crippen LogP contribution in [0.25, 0.3) is 11.3 Å². The minimum Gasteiger partial charge on any atom is -0.391 e. The zero-order valence-electron chi connectivity index (χ0n) is 18.7. The van der Waals surface area contributed by atoms with E-state index in [0.29, 0.717) is 35.1 Å². The number of aliphatic hydroxyl groups is 1. The van der Waals surface area contributed by atoms with Crippen molar-refractivity contribution in [2.45, 2.75) is 37.8 Å². The van der Waals surface area contributed by atoms with Crippen LogP contribution in [0.4, 0.5) is 10.2 Å². The lowest BCUT2D eigenvalue weighted by atomic mass is 9.96. The van der Waals surface area contributed by atoms with Crippen LogP contribution in [0.3, 0.4) is 0 Å². The molecule has 7 nitrogen and oxygen atoms in total. The predicted molar refractivity (Wildman–Crippen MR) is 128 cm³/mol. The molecule has 1 amide bonds. The highest BCUT2D eigenvalue weighted by Gasteiger charge is 2.24. The van der Waals surface area contributed by atoms with Gasteiger partial charge in [0.05, 0.1) is 29.6 Å². The van der Waals surface area contributed by atoms with Crippen LogP contribution in [0.15, 0.2) is 48.7 Å². The van der Waals surface area contributed by atoms with Crippen LogP contribution < -0.4 is 11.1 Å². The van der Waals surface area contributed by atoms with Crippen LogP contribution in [0.5, 0.6) is 0 Å². The number of nitrogen functional groups attached to an aromatic ring is 1. The molecule has 1 fully saturated rings. The summed E-state index contributed by atoms with van der Waals surface area (Å²) in [5, 5.41) is 13.3. The molecule has 2 atom stereocenters. The Labute approximate surface area is 202 Å². The quantitative estimate of drug-likeness (QED) is 0.482. The summed E-state index contributed by atoms with van der Waals surface area (Å²) in [5.74, 6) is -1.00. The molecule has 0 aliphatic carbocycles. The molecule has 2 aromatic carbocycles. The van der Waals surface area contributed by atoms with Crippen molar-refractivity contribution in [1.29, 1.82) is 0 Å².